The Morgan fingerprint density at radius 1 is 0.761 bits per heavy atom. The molecule has 0 atom stereocenters. The number of fused-ring (bicyclic) bond motifs is 1. The van der Waals surface area contributed by atoms with Crippen LogP contribution in [0.25, 0.3) is 23.1 Å². The van der Waals surface area contributed by atoms with Gasteiger partial charge in [0.25, 0.3) is 0 Å². The zero-order valence-electron chi connectivity index (χ0n) is 26.2. The summed E-state index contributed by atoms with van der Waals surface area (Å²) in [5.74, 6) is 2.79. The summed E-state index contributed by atoms with van der Waals surface area (Å²) >= 11 is 6.36. The first-order valence-electron chi connectivity index (χ1n) is 15.9. The first-order valence-corrected chi connectivity index (χ1v) is 16.2. The molecule has 0 radical (unpaired) electrons. The summed E-state index contributed by atoms with van der Waals surface area (Å²) in [6, 6.07) is 32.0. The van der Waals surface area contributed by atoms with E-state index in [4.69, 9.17) is 31.0 Å². The number of anilines is 1. The van der Waals surface area contributed by atoms with Gasteiger partial charge >= 0.3 is 0 Å². The van der Waals surface area contributed by atoms with E-state index in [1.165, 1.54) is 0 Å². The van der Waals surface area contributed by atoms with Gasteiger partial charge < -0.3 is 24.6 Å². The van der Waals surface area contributed by atoms with Gasteiger partial charge in [-0.05, 0) is 73.1 Å². The summed E-state index contributed by atoms with van der Waals surface area (Å²) in [5.41, 5.74) is 3.94. The fourth-order valence-corrected chi connectivity index (χ4v) is 5.58. The molecule has 1 aliphatic rings. The van der Waals surface area contributed by atoms with Crippen molar-refractivity contribution in [1.29, 1.82) is 0 Å². The van der Waals surface area contributed by atoms with Gasteiger partial charge in [-0.15, -0.1) is 0 Å². The van der Waals surface area contributed by atoms with Crippen molar-refractivity contribution in [2.75, 3.05) is 51.6 Å². The van der Waals surface area contributed by atoms with Crippen LogP contribution in [0.15, 0.2) is 97.1 Å². The predicted octanol–water partition coefficient (Wildman–Crippen LogP) is 7.66. The molecule has 0 aliphatic carbocycles. The molecule has 0 saturated carbocycles. The molecule has 1 fully saturated rings. The fourth-order valence-electron chi connectivity index (χ4n) is 5.41. The van der Waals surface area contributed by atoms with Crippen molar-refractivity contribution in [2.24, 2.45) is 0 Å². The number of hydrogen-bond acceptors (Lipinski definition) is 7. The molecule has 6 rings (SSSR count). The molecule has 0 unspecified atom stereocenters. The number of likely N-dealkylation sites (N-methyl/N-ethyl adjacent to an activating group) is 1. The average Bonchev–Trinajstić information content (AvgIpc) is 3.09. The summed E-state index contributed by atoms with van der Waals surface area (Å²) in [7, 11) is 2.19. The Morgan fingerprint density at radius 3 is 2.17 bits per heavy atom. The minimum atomic E-state index is 0.439. The van der Waals surface area contributed by atoms with Gasteiger partial charge in [0, 0.05) is 43.1 Å². The lowest BCUT2D eigenvalue weighted by Crippen LogP contribution is -2.44. The van der Waals surface area contributed by atoms with Crippen molar-refractivity contribution in [3.05, 3.63) is 125 Å². The molecule has 1 N–H and O–H groups in total. The number of nitrogens with one attached hydrogen (secondary N) is 1. The Kier molecular flexibility index (Phi) is 10.8. The largest absolute Gasteiger partial charge is 0.485 e. The Bertz CT molecular complexity index is 1740. The molecule has 1 aliphatic heterocycles. The highest BCUT2D eigenvalue weighted by molar-refractivity contribution is 6.31. The van der Waals surface area contributed by atoms with E-state index in [0.29, 0.717) is 35.6 Å². The summed E-state index contributed by atoms with van der Waals surface area (Å²) in [6.07, 6.45) is 4.97. The van der Waals surface area contributed by atoms with E-state index in [1.807, 2.05) is 84.9 Å². The van der Waals surface area contributed by atoms with E-state index in [1.54, 1.807) is 0 Å². The van der Waals surface area contributed by atoms with Crippen LogP contribution in [0.3, 0.4) is 0 Å². The van der Waals surface area contributed by atoms with Crippen LogP contribution in [0, 0.1) is 0 Å². The number of benzene rings is 4. The van der Waals surface area contributed by atoms with E-state index < -0.39 is 0 Å². The second kappa shape index (κ2) is 15.7. The van der Waals surface area contributed by atoms with Gasteiger partial charge in [0.05, 0.1) is 5.52 Å². The highest BCUT2D eigenvalue weighted by Crippen LogP contribution is 2.31. The van der Waals surface area contributed by atoms with Crippen LogP contribution in [0.4, 0.5) is 5.82 Å². The zero-order valence-corrected chi connectivity index (χ0v) is 27.0. The third-order valence-corrected chi connectivity index (χ3v) is 8.32. The van der Waals surface area contributed by atoms with Crippen molar-refractivity contribution in [3.8, 4) is 11.5 Å². The second-order valence-electron chi connectivity index (χ2n) is 11.6. The molecule has 236 valence electrons. The van der Waals surface area contributed by atoms with Gasteiger partial charge in [-0.2, -0.15) is 0 Å². The SMILES string of the molecule is CN1CCN(CCCNc2nc(C=Cc3ccc(OCc4ccccc4)c(OCc4ccccc4)c3)nc3cc(Cl)ccc23)CC1. The van der Waals surface area contributed by atoms with E-state index in [9.17, 15) is 0 Å². The molecule has 46 heavy (non-hydrogen) atoms. The predicted molar refractivity (Wildman–Crippen MR) is 189 cm³/mol. The third kappa shape index (κ3) is 8.85. The van der Waals surface area contributed by atoms with Crippen LogP contribution in [0.2, 0.25) is 5.02 Å². The molecule has 0 bridgehead atoms. The van der Waals surface area contributed by atoms with Crippen LogP contribution in [-0.2, 0) is 13.2 Å². The quantitative estimate of drug-likeness (QED) is 0.134. The zero-order chi connectivity index (χ0) is 31.6. The van der Waals surface area contributed by atoms with Crippen molar-refractivity contribution in [3.63, 3.8) is 0 Å². The highest BCUT2D eigenvalue weighted by atomic mass is 35.5. The Balaban J connectivity index is 1.18. The Hall–Kier alpha value is -4.43. The average molecular weight is 634 g/mol. The number of nitrogens with zero attached hydrogens (tertiary/aromatic N) is 4. The Morgan fingerprint density at radius 2 is 1.46 bits per heavy atom. The van der Waals surface area contributed by atoms with Crippen molar-refractivity contribution < 1.29 is 9.47 Å². The standard InChI is InChI=1S/C38H40ClN5O2/c1-43-21-23-44(24-22-43)20-8-19-40-38-33-16-15-32(39)26-34(33)41-37(42-38)18-14-29-13-17-35(45-27-30-9-4-2-5-10-30)36(25-29)46-28-31-11-6-3-7-12-31/h2-7,9-18,25-26H,8,19-24,27-28H2,1H3,(H,40,41,42). The first kappa shape index (κ1) is 31.5. The van der Waals surface area contributed by atoms with Crippen LogP contribution < -0.4 is 14.8 Å². The molecular formula is C38H40ClN5O2. The lowest BCUT2D eigenvalue weighted by molar-refractivity contribution is 0.154. The molecule has 0 spiro atoms. The lowest BCUT2D eigenvalue weighted by Gasteiger charge is -2.32. The van der Waals surface area contributed by atoms with Crippen LogP contribution in [-0.4, -0.2) is 66.1 Å². The van der Waals surface area contributed by atoms with Gasteiger partial charge in [0.1, 0.15) is 19.0 Å². The molecule has 0 amide bonds. The van der Waals surface area contributed by atoms with Crippen molar-refractivity contribution in [1.82, 2.24) is 19.8 Å². The molecular weight excluding hydrogens is 594 g/mol. The van der Waals surface area contributed by atoms with Crippen LogP contribution in [0.1, 0.15) is 28.9 Å². The van der Waals surface area contributed by atoms with Gasteiger partial charge in [-0.3, -0.25) is 0 Å². The minimum absolute atomic E-state index is 0.439. The van der Waals surface area contributed by atoms with Crippen LogP contribution >= 0.6 is 11.6 Å². The number of aromatic nitrogens is 2. The monoisotopic (exact) mass is 633 g/mol. The summed E-state index contributed by atoms with van der Waals surface area (Å²) in [5, 5.41) is 5.17. The Labute approximate surface area is 276 Å². The second-order valence-corrected chi connectivity index (χ2v) is 12.0. The van der Waals surface area contributed by atoms with Gasteiger partial charge in [0.15, 0.2) is 17.3 Å². The van der Waals surface area contributed by atoms with Crippen LogP contribution in [0.5, 0.6) is 11.5 Å². The summed E-state index contributed by atoms with van der Waals surface area (Å²) in [4.78, 5) is 14.6. The van der Waals surface area contributed by atoms with Gasteiger partial charge in [0.2, 0.25) is 0 Å². The highest BCUT2D eigenvalue weighted by Gasteiger charge is 2.14. The van der Waals surface area contributed by atoms with Crippen molar-refractivity contribution in [2.45, 2.75) is 19.6 Å². The number of hydrogen-bond donors (Lipinski definition) is 1. The van der Waals surface area contributed by atoms with E-state index in [-0.39, 0.29) is 0 Å². The van der Waals surface area contributed by atoms with Gasteiger partial charge in [-0.25, -0.2) is 9.97 Å². The maximum Gasteiger partial charge on any atom is 0.162 e. The molecule has 7 nitrogen and oxygen atoms in total. The van der Waals surface area contributed by atoms with Crippen molar-refractivity contribution >= 4 is 40.5 Å². The molecule has 2 heterocycles. The molecule has 8 heteroatoms. The molecule has 5 aromatic rings. The molecule has 1 aromatic heterocycles. The maximum absolute atomic E-state index is 6.36. The normalized spacial score (nSPS) is 14.1. The molecule has 4 aromatic carbocycles. The number of halogens is 1. The first-order chi connectivity index (χ1) is 22.6. The summed E-state index contributed by atoms with van der Waals surface area (Å²) < 4.78 is 12.5. The number of rotatable bonds is 13. The minimum Gasteiger partial charge on any atom is -0.485 e. The van der Waals surface area contributed by atoms with E-state index in [2.05, 4.69) is 46.4 Å². The fraction of sp³-hybridized carbons (Fsp3) is 0.263. The summed E-state index contributed by atoms with van der Waals surface area (Å²) in [6.45, 7) is 7.30. The van der Waals surface area contributed by atoms with Gasteiger partial charge in [-0.1, -0.05) is 84.4 Å². The van der Waals surface area contributed by atoms with E-state index in [0.717, 1.165) is 79.1 Å². The lowest BCUT2D eigenvalue weighted by atomic mass is 10.1. The molecule has 1 saturated heterocycles. The number of ether oxygens (including phenoxy) is 2. The maximum atomic E-state index is 6.36. The third-order valence-electron chi connectivity index (χ3n) is 8.08. The number of piperazine rings is 1. The topological polar surface area (TPSA) is 62.8 Å². The van der Waals surface area contributed by atoms with E-state index >= 15 is 0 Å². The smallest absolute Gasteiger partial charge is 0.162 e.